The van der Waals surface area contributed by atoms with Gasteiger partial charge in [-0.3, -0.25) is 19.0 Å². The van der Waals surface area contributed by atoms with Crippen molar-refractivity contribution in [3.8, 4) is 5.75 Å². The third-order valence-electron chi connectivity index (χ3n) is 2.56. The van der Waals surface area contributed by atoms with Gasteiger partial charge in [0.25, 0.3) is 0 Å². The molecular weight excluding hydrogens is 262 g/mol. The lowest BCUT2D eigenvalue weighted by molar-refractivity contribution is -0.131. The summed E-state index contributed by atoms with van der Waals surface area (Å²) in [5.74, 6) is -0.825. The molecule has 20 heavy (non-hydrogen) atoms. The number of amides is 1. The van der Waals surface area contributed by atoms with Gasteiger partial charge in [0.1, 0.15) is 17.4 Å². The molecule has 104 valence electrons. The second kappa shape index (κ2) is 5.12. The van der Waals surface area contributed by atoms with Crippen molar-refractivity contribution in [2.45, 2.75) is 20.8 Å². The molecule has 0 aliphatic heterocycles. The standard InChI is InChI=1S/C13H13N3O4/c1-7(17)15-10-4-5-11(20-9(3)19)13-12(10)14-6-16(13)8(2)18/h4-6H,1-3H3,(H,15,17). The van der Waals surface area contributed by atoms with Crippen molar-refractivity contribution in [2.75, 3.05) is 5.32 Å². The molecule has 2 rings (SSSR count). The normalized spacial score (nSPS) is 10.3. The zero-order chi connectivity index (χ0) is 14.9. The molecule has 0 saturated carbocycles. The van der Waals surface area contributed by atoms with Crippen LogP contribution in [0.4, 0.5) is 5.69 Å². The number of nitrogens with zero attached hydrogens (tertiary/aromatic N) is 2. The van der Waals surface area contributed by atoms with Gasteiger partial charge in [0, 0.05) is 20.8 Å². The van der Waals surface area contributed by atoms with Crippen LogP contribution in [0, 0.1) is 0 Å². The molecule has 0 aliphatic carbocycles. The molecule has 2 aromatic rings. The van der Waals surface area contributed by atoms with E-state index < -0.39 is 5.97 Å². The maximum atomic E-state index is 11.6. The summed E-state index contributed by atoms with van der Waals surface area (Å²) in [6.07, 6.45) is 1.32. The predicted molar refractivity (Wildman–Crippen MR) is 71.6 cm³/mol. The molecule has 0 radical (unpaired) electrons. The van der Waals surface area contributed by atoms with Crippen LogP contribution in [0.2, 0.25) is 0 Å². The fraction of sp³-hybridized carbons (Fsp3) is 0.231. The van der Waals surface area contributed by atoms with Gasteiger partial charge in [0.15, 0.2) is 5.75 Å². The molecule has 0 fully saturated rings. The number of anilines is 1. The molecule has 1 aromatic carbocycles. The average Bonchev–Trinajstić information content (AvgIpc) is 2.76. The van der Waals surface area contributed by atoms with Gasteiger partial charge in [-0.1, -0.05) is 0 Å². The molecular formula is C13H13N3O4. The van der Waals surface area contributed by atoms with E-state index in [2.05, 4.69) is 10.3 Å². The van der Waals surface area contributed by atoms with Crippen LogP contribution >= 0.6 is 0 Å². The Morgan fingerprint density at radius 1 is 1.20 bits per heavy atom. The minimum atomic E-state index is -0.505. The van der Waals surface area contributed by atoms with Gasteiger partial charge in [0.2, 0.25) is 11.8 Å². The molecule has 0 spiro atoms. The number of imidazole rings is 1. The Bertz CT molecular complexity index is 718. The lowest BCUT2D eigenvalue weighted by Gasteiger charge is -2.09. The predicted octanol–water partition coefficient (Wildman–Crippen LogP) is 1.58. The van der Waals surface area contributed by atoms with E-state index in [0.717, 1.165) is 0 Å². The first-order valence-electron chi connectivity index (χ1n) is 5.87. The van der Waals surface area contributed by atoms with Crippen LogP contribution in [0.25, 0.3) is 11.0 Å². The van der Waals surface area contributed by atoms with Gasteiger partial charge in [-0.15, -0.1) is 0 Å². The average molecular weight is 275 g/mol. The van der Waals surface area contributed by atoms with Gasteiger partial charge in [0.05, 0.1) is 5.69 Å². The number of hydrogen-bond acceptors (Lipinski definition) is 5. The lowest BCUT2D eigenvalue weighted by Crippen LogP contribution is -2.09. The third kappa shape index (κ3) is 2.51. The second-order valence-electron chi connectivity index (χ2n) is 4.22. The summed E-state index contributed by atoms with van der Waals surface area (Å²) in [6.45, 7) is 4.00. The number of rotatable bonds is 2. The number of ether oxygens (including phenoxy) is 1. The Morgan fingerprint density at radius 2 is 1.90 bits per heavy atom. The number of nitrogens with one attached hydrogen (secondary N) is 1. The number of esters is 1. The molecule has 0 aliphatic rings. The van der Waals surface area contributed by atoms with Crippen LogP contribution in [0.5, 0.6) is 5.75 Å². The highest BCUT2D eigenvalue weighted by atomic mass is 16.5. The maximum absolute atomic E-state index is 11.6. The third-order valence-corrected chi connectivity index (χ3v) is 2.56. The maximum Gasteiger partial charge on any atom is 0.308 e. The van der Waals surface area contributed by atoms with E-state index >= 15 is 0 Å². The molecule has 0 atom stereocenters. The van der Waals surface area contributed by atoms with Crippen LogP contribution in [0.1, 0.15) is 25.6 Å². The molecule has 0 saturated heterocycles. The summed E-state index contributed by atoms with van der Waals surface area (Å²) in [6, 6.07) is 3.08. The minimum Gasteiger partial charge on any atom is -0.424 e. The van der Waals surface area contributed by atoms with Crippen molar-refractivity contribution >= 4 is 34.5 Å². The number of carbonyl (C=O) groups excluding carboxylic acids is 3. The molecule has 1 amide bonds. The van der Waals surface area contributed by atoms with Gasteiger partial charge >= 0.3 is 5.97 Å². The van der Waals surface area contributed by atoms with Gasteiger partial charge in [-0.05, 0) is 12.1 Å². The quantitative estimate of drug-likeness (QED) is 0.663. The lowest BCUT2D eigenvalue weighted by atomic mass is 10.2. The Morgan fingerprint density at radius 3 is 2.45 bits per heavy atom. The molecule has 7 nitrogen and oxygen atoms in total. The van der Waals surface area contributed by atoms with E-state index in [4.69, 9.17) is 4.74 Å². The SMILES string of the molecule is CC(=O)Nc1ccc(OC(C)=O)c2c1ncn2C(C)=O. The Labute approximate surface area is 114 Å². The smallest absolute Gasteiger partial charge is 0.308 e. The highest BCUT2D eigenvalue weighted by Gasteiger charge is 2.17. The summed E-state index contributed by atoms with van der Waals surface area (Å²) in [5, 5.41) is 2.61. The molecule has 0 unspecified atom stereocenters. The van der Waals surface area contributed by atoms with Crippen LogP contribution in [0.15, 0.2) is 18.5 Å². The van der Waals surface area contributed by atoms with Crippen molar-refractivity contribution in [2.24, 2.45) is 0 Å². The first-order chi connectivity index (χ1) is 9.40. The van der Waals surface area contributed by atoms with E-state index in [0.29, 0.717) is 16.7 Å². The van der Waals surface area contributed by atoms with Crippen LogP contribution in [0.3, 0.4) is 0 Å². The number of carbonyl (C=O) groups is 3. The summed E-state index contributed by atoms with van der Waals surface area (Å²) in [4.78, 5) is 38.0. The first-order valence-corrected chi connectivity index (χ1v) is 5.87. The summed E-state index contributed by atoms with van der Waals surface area (Å²) in [7, 11) is 0. The number of fused-ring (bicyclic) bond motifs is 1. The Hall–Kier alpha value is -2.70. The highest BCUT2D eigenvalue weighted by molar-refractivity contribution is 6.03. The van der Waals surface area contributed by atoms with Crippen LogP contribution in [-0.2, 0) is 9.59 Å². The van der Waals surface area contributed by atoms with E-state index in [1.54, 1.807) is 6.07 Å². The van der Waals surface area contributed by atoms with E-state index in [1.165, 1.54) is 37.7 Å². The number of hydrogen-bond donors (Lipinski definition) is 1. The van der Waals surface area contributed by atoms with E-state index in [1.807, 2.05) is 0 Å². The zero-order valence-corrected chi connectivity index (χ0v) is 11.3. The van der Waals surface area contributed by atoms with Gasteiger partial charge < -0.3 is 10.1 Å². The van der Waals surface area contributed by atoms with Gasteiger partial charge in [-0.25, -0.2) is 4.98 Å². The fourth-order valence-corrected chi connectivity index (χ4v) is 1.86. The zero-order valence-electron chi connectivity index (χ0n) is 11.3. The molecule has 1 N–H and O–H groups in total. The van der Waals surface area contributed by atoms with Crippen molar-refractivity contribution in [3.63, 3.8) is 0 Å². The van der Waals surface area contributed by atoms with Crippen LogP contribution in [-0.4, -0.2) is 27.3 Å². The van der Waals surface area contributed by atoms with Crippen molar-refractivity contribution in [1.82, 2.24) is 9.55 Å². The van der Waals surface area contributed by atoms with Crippen molar-refractivity contribution in [3.05, 3.63) is 18.5 Å². The van der Waals surface area contributed by atoms with E-state index in [-0.39, 0.29) is 17.6 Å². The first kappa shape index (κ1) is 13.7. The summed E-state index contributed by atoms with van der Waals surface area (Å²) >= 11 is 0. The molecule has 0 bridgehead atoms. The molecule has 1 aromatic heterocycles. The minimum absolute atomic E-state index is 0.217. The monoisotopic (exact) mass is 275 g/mol. The summed E-state index contributed by atoms with van der Waals surface area (Å²) in [5.41, 5.74) is 1.18. The Balaban J connectivity index is 2.69. The largest absolute Gasteiger partial charge is 0.424 e. The summed E-state index contributed by atoms with van der Waals surface area (Å²) < 4.78 is 6.33. The Kier molecular flexibility index (Phi) is 3.51. The van der Waals surface area contributed by atoms with Gasteiger partial charge in [-0.2, -0.15) is 0 Å². The topological polar surface area (TPSA) is 90.3 Å². The van der Waals surface area contributed by atoms with E-state index in [9.17, 15) is 14.4 Å². The molecule has 1 heterocycles. The molecule has 7 heteroatoms. The van der Waals surface area contributed by atoms with Crippen molar-refractivity contribution in [1.29, 1.82) is 0 Å². The van der Waals surface area contributed by atoms with Crippen molar-refractivity contribution < 1.29 is 19.1 Å². The number of aromatic nitrogens is 2. The second-order valence-corrected chi connectivity index (χ2v) is 4.22. The number of benzene rings is 1. The fourth-order valence-electron chi connectivity index (χ4n) is 1.86. The highest BCUT2D eigenvalue weighted by Crippen LogP contribution is 2.31. The van der Waals surface area contributed by atoms with Crippen LogP contribution < -0.4 is 10.1 Å².